The van der Waals surface area contributed by atoms with Crippen LogP contribution in [0.2, 0.25) is 0 Å². The molecule has 0 radical (unpaired) electrons. The second-order valence-electron chi connectivity index (χ2n) is 1.85. The van der Waals surface area contributed by atoms with Crippen LogP contribution >= 0.6 is 0 Å². The quantitative estimate of drug-likeness (QED) is 0.466. The molecule has 0 fully saturated rings. The Morgan fingerprint density at radius 2 is 2.33 bits per heavy atom. The fourth-order valence-electron chi connectivity index (χ4n) is 0.612. The van der Waals surface area contributed by atoms with Crippen molar-refractivity contribution >= 4 is 0 Å². The fourth-order valence-corrected chi connectivity index (χ4v) is 0.612. The third-order valence-electron chi connectivity index (χ3n) is 1.03. The van der Waals surface area contributed by atoms with Gasteiger partial charge in [-0.05, 0) is 0 Å². The monoisotopic (exact) mass is 130 g/mol. The zero-order valence-electron chi connectivity index (χ0n) is 5.12. The maximum absolute atomic E-state index is 8.95. The molecule has 1 unspecified atom stereocenters. The van der Waals surface area contributed by atoms with Gasteiger partial charge in [-0.1, -0.05) is 12.2 Å². The van der Waals surface area contributed by atoms with Crippen molar-refractivity contribution in [2.75, 3.05) is 20.0 Å². The van der Waals surface area contributed by atoms with Crippen molar-refractivity contribution in [3.8, 4) is 0 Å². The van der Waals surface area contributed by atoms with Gasteiger partial charge in [0.05, 0.1) is 19.3 Å². The highest BCUT2D eigenvalue weighted by Crippen LogP contribution is 1.92. The number of hydrogen-bond acceptors (Lipinski definition) is 3. The molecule has 1 aliphatic rings. The summed E-state index contributed by atoms with van der Waals surface area (Å²) >= 11 is 0. The second kappa shape index (κ2) is 3.61. The molecule has 0 aromatic heterocycles. The molecule has 0 aromatic carbocycles. The Morgan fingerprint density at radius 3 is 3.22 bits per heavy atom. The van der Waals surface area contributed by atoms with E-state index >= 15 is 0 Å². The first kappa shape index (κ1) is 6.74. The van der Waals surface area contributed by atoms with Crippen molar-refractivity contribution < 1.29 is 14.6 Å². The van der Waals surface area contributed by atoms with Crippen LogP contribution < -0.4 is 0 Å². The van der Waals surface area contributed by atoms with E-state index in [1.54, 1.807) is 12.2 Å². The van der Waals surface area contributed by atoms with Gasteiger partial charge >= 0.3 is 0 Å². The molecule has 0 spiro atoms. The molecule has 3 heteroatoms. The Morgan fingerprint density at radius 1 is 1.44 bits per heavy atom. The van der Waals surface area contributed by atoms with E-state index in [0.717, 1.165) is 0 Å². The summed E-state index contributed by atoms with van der Waals surface area (Å²) in [5.74, 6) is 0. The average molecular weight is 130 g/mol. The zero-order chi connectivity index (χ0) is 6.53. The fraction of sp³-hybridized carbons (Fsp3) is 0.667. The lowest BCUT2D eigenvalue weighted by atomic mass is 10.3. The number of rotatable bonds is 0. The molecule has 52 valence electrons. The predicted molar refractivity (Wildman–Crippen MR) is 31.9 cm³/mol. The normalized spacial score (nSPS) is 29.2. The minimum absolute atomic E-state index is 0.279. The van der Waals surface area contributed by atoms with Crippen LogP contribution in [-0.2, 0) is 9.47 Å². The second-order valence-corrected chi connectivity index (χ2v) is 1.85. The SMILES string of the molecule is OC1C=CCOCOC1. The zero-order valence-corrected chi connectivity index (χ0v) is 5.12. The van der Waals surface area contributed by atoms with Crippen LogP contribution in [-0.4, -0.2) is 31.2 Å². The topological polar surface area (TPSA) is 38.7 Å². The van der Waals surface area contributed by atoms with Crippen molar-refractivity contribution in [3.63, 3.8) is 0 Å². The lowest BCUT2D eigenvalue weighted by Crippen LogP contribution is -2.16. The van der Waals surface area contributed by atoms with Gasteiger partial charge in [0.2, 0.25) is 0 Å². The molecule has 0 saturated heterocycles. The van der Waals surface area contributed by atoms with E-state index < -0.39 is 6.10 Å². The van der Waals surface area contributed by atoms with E-state index in [1.165, 1.54) is 0 Å². The molecule has 1 N–H and O–H groups in total. The van der Waals surface area contributed by atoms with Gasteiger partial charge in [-0.15, -0.1) is 0 Å². The summed E-state index contributed by atoms with van der Waals surface area (Å²) in [7, 11) is 0. The molecule has 0 amide bonds. The van der Waals surface area contributed by atoms with Gasteiger partial charge in [0.1, 0.15) is 6.79 Å². The van der Waals surface area contributed by atoms with Crippen LogP contribution in [0.3, 0.4) is 0 Å². The summed E-state index contributed by atoms with van der Waals surface area (Å²) in [5.41, 5.74) is 0. The third-order valence-corrected chi connectivity index (χ3v) is 1.03. The van der Waals surface area contributed by atoms with E-state index in [9.17, 15) is 0 Å². The highest BCUT2D eigenvalue weighted by atomic mass is 16.7. The number of aliphatic hydroxyl groups excluding tert-OH is 1. The molecule has 9 heavy (non-hydrogen) atoms. The van der Waals surface area contributed by atoms with Crippen LogP contribution in [0.1, 0.15) is 0 Å². The lowest BCUT2D eigenvalue weighted by molar-refractivity contribution is -0.0685. The molecule has 3 nitrogen and oxygen atoms in total. The molecule has 0 aliphatic carbocycles. The van der Waals surface area contributed by atoms with Crippen LogP contribution in [0, 0.1) is 0 Å². The summed E-state index contributed by atoms with van der Waals surface area (Å²) in [5, 5.41) is 8.95. The Hall–Kier alpha value is -0.380. The van der Waals surface area contributed by atoms with Crippen LogP contribution in [0.4, 0.5) is 0 Å². The Balaban J connectivity index is 2.30. The first-order valence-corrected chi connectivity index (χ1v) is 2.90. The van der Waals surface area contributed by atoms with E-state index in [1.807, 2.05) is 0 Å². The molecule has 0 bridgehead atoms. The standard InChI is InChI=1S/C6H10O3/c7-6-2-1-3-8-5-9-4-6/h1-2,6-7H,3-5H2. The molecule has 1 atom stereocenters. The highest BCUT2D eigenvalue weighted by Gasteiger charge is 2.00. The van der Waals surface area contributed by atoms with Crippen LogP contribution in [0.15, 0.2) is 12.2 Å². The Labute approximate surface area is 53.9 Å². The number of hydrogen-bond donors (Lipinski definition) is 1. The summed E-state index contributed by atoms with van der Waals surface area (Å²) < 4.78 is 9.77. The summed E-state index contributed by atoms with van der Waals surface area (Å²) in [4.78, 5) is 0. The van der Waals surface area contributed by atoms with E-state index in [4.69, 9.17) is 14.6 Å². The smallest absolute Gasteiger partial charge is 0.147 e. The van der Waals surface area contributed by atoms with Gasteiger partial charge in [0, 0.05) is 0 Å². The molecule has 1 heterocycles. The number of ether oxygens (including phenoxy) is 2. The third kappa shape index (κ3) is 2.60. The van der Waals surface area contributed by atoms with E-state index in [2.05, 4.69) is 0 Å². The van der Waals surface area contributed by atoms with Gasteiger partial charge < -0.3 is 14.6 Å². The van der Waals surface area contributed by atoms with E-state index in [0.29, 0.717) is 13.2 Å². The number of aliphatic hydroxyl groups is 1. The first-order chi connectivity index (χ1) is 4.39. The molecular formula is C6H10O3. The minimum Gasteiger partial charge on any atom is -0.387 e. The minimum atomic E-state index is -0.464. The van der Waals surface area contributed by atoms with Crippen molar-refractivity contribution in [1.29, 1.82) is 0 Å². The van der Waals surface area contributed by atoms with Crippen LogP contribution in [0.5, 0.6) is 0 Å². The van der Waals surface area contributed by atoms with E-state index in [-0.39, 0.29) is 6.79 Å². The van der Waals surface area contributed by atoms with Crippen molar-refractivity contribution in [1.82, 2.24) is 0 Å². The van der Waals surface area contributed by atoms with Gasteiger partial charge in [-0.3, -0.25) is 0 Å². The molecule has 0 saturated carbocycles. The largest absolute Gasteiger partial charge is 0.387 e. The van der Waals surface area contributed by atoms with Crippen molar-refractivity contribution in [2.24, 2.45) is 0 Å². The van der Waals surface area contributed by atoms with Crippen LogP contribution in [0.25, 0.3) is 0 Å². The van der Waals surface area contributed by atoms with Gasteiger partial charge in [-0.2, -0.15) is 0 Å². The summed E-state index contributed by atoms with van der Waals surface area (Å²) in [6.07, 6.45) is 2.99. The molecule has 1 aliphatic heterocycles. The van der Waals surface area contributed by atoms with Gasteiger partial charge in [0.15, 0.2) is 0 Å². The first-order valence-electron chi connectivity index (χ1n) is 2.90. The van der Waals surface area contributed by atoms with Gasteiger partial charge in [0.25, 0.3) is 0 Å². The highest BCUT2D eigenvalue weighted by molar-refractivity contribution is 4.88. The maximum atomic E-state index is 8.95. The maximum Gasteiger partial charge on any atom is 0.147 e. The van der Waals surface area contributed by atoms with Gasteiger partial charge in [-0.25, -0.2) is 0 Å². The summed E-state index contributed by atoms with van der Waals surface area (Å²) in [6.45, 7) is 1.13. The molecule has 0 aromatic rings. The lowest BCUT2D eigenvalue weighted by Gasteiger charge is -2.09. The Bertz CT molecular complexity index is 100. The predicted octanol–water partition coefficient (Wildman–Crippen LogP) is -0.0922. The average Bonchev–Trinajstić information content (AvgIpc) is 1.79. The Kier molecular flexibility index (Phi) is 2.70. The molecule has 1 rings (SSSR count). The summed E-state index contributed by atoms with van der Waals surface area (Å²) in [6, 6.07) is 0. The molecular weight excluding hydrogens is 120 g/mol. The van der Waals surface area contributed by atoms with Crippen molar-refractivity contribution in [2.45, 2.75) is 6.10 Å². The van der Waals surface area contributed by atoms with Crippen molar-refractivity contribution in [3.05, 3.63) is 12.2 Å².